The summed E-state index contributed by atoms with van der Waals surface area (Å²) in [6.45, 7) is 3.14. The Morgan fingerprint density at radius 3 is 2.74 bits per heavy atom. The summed E-state index contributed by atoms with van der Waals surface area (Å²) in [7, 11) is 0. The van der Waals surface area contributed by atoms with E-state index in [0.717, 1.165) is 5.56 Å². The van der Waals surface area contributed by atoms with E-state index in [1.165, 1.54) is 19.1 Å². The number of carboxylic acids is 1. The molecule has 100 valence electrons. The zero-order valence-corrected chi connectivity index (χ0v) is 11.0. The van der Waals surface area contributed by atoms with Gasteiger partial charge in [0.25, 0.3) is 0 Å². The molecular formula is C13H11ClO5. The van der Waals surface area contributed by atoms with Crippen molar-refractivity contribution in [1.82, 2.24) is 0 Å². The molecule has 0 aliphatic carbocycles. The Hall–Kier alpha value is -2.01. The molecule has 1 N–H and O–H groups in total. The summed E-state index contributed by atoms with van der Waals surface area (Å²) in [6, 6.07) is 4.36. The third-order valence-corrected chi connectivity index (χ3v) is 2.95. The number of fused-ring (bicyclic) bond motifs is 1. The van der Waals surface area contributed by atoms with Crippen molar-refractivity contribution in [1.29, 1.82) is 0 Å². The van der Waals surface area contributed by atoms with Crippen LogP contribution in [-0.2, 0) is 4.79 Å². The minimum atomic E-state index is -1.11. The predicted octanol–water partition coefficient (Wildman–Crippen LogP) is 2.61. The number of rotatable bonds is 3. The Bertz CT molecular complexity index is 704. The van der Waals surface area contributed by atoms with Crippen molar-refractivity contribution in [2.75, 3.05) is 0 Å². The zero-order valence-electron chi connectivity index (χ0n) is 10.3. The molecule has 2 rings (SSSR count). The smallest absolute Gasteiger partial charge is 0.344 e. The lowest BCUT2D eigenvalue weighted by atomic mass is 10.1. The number of ether oxygens (including phenoxy) is 1. The Labute approximate surface area is 113 Å². The number of benzene rings is 1. The third kappa shape index (κ3) is 2.71. The Morgan fingerprint density at radius 2 is 2.11 bits per heavy atom. The maximum absolute atomic E-state index is 11.3. The van der Waals surface area contributed by atoms with Crippen LogP contribution in [0.25, 0.3) is 11.0 Å². The standard InChI is InChI=1S/C13H11ClO5/c1-6-3-12(15)19-10-5-11(9(14)4-8(6)10)18-7(2)13(16)17/h3-5,7H,1-2H3,(H,16,17)/t7-/m1/s1. The lowest BCUT2D eigenvalue weighted by molar-refractivity contribution is -0.144. The summed E-state index contributed by atoms with van der Waals surface area (Å²) < 4.78 is 10.2. The van der Waals surface area contributed by atoms with Gasteiger partial charge in [-0.3, -0.25) is 0 Å². The normalized spacial score (nSPS) is 12.4. The number of halogens is 1. The van der Waals surface area contributed by atoms with Gasteiger partial charge in [-0.15, -0.1) is 0 Å². The Kier molecular flexibility index (Phi) is 3.48. The van der Waals surface area contributed by atoms with Crippen LogP contribution in [0.5, 0.6) is 5.75 Å². The van der Waals surface area contributed by atoms with Crippen molar-refractivity contribution < 1.29 is 19.1 Å². The van der Waals surface area contributed by atoms with Crippen LogP contribution in [0.4, 0.5) is 0 Å². The average Bonchev–Trinajstić information content (AvgIpc) is 2.31. The lowest BCUT2D eigenvalue weighted by Crippen LogP contribution is -2.23. The van der Waals surface area contributed by atoms with Crippen molar-refractivity contribution in [2.45, 2.75) is 20.0 Å². The van der Waals surface area contributed by atoms with E-state index in [4.69, 9.17) is 25.9 Å². The van der Waals surface area contributed by atoms with Crippen molar-refractivity contribution in [3.05, 3.63) is 39.2 Å². The van der Waals surface area contributed by atoms with Crippen LogP contribution in [0.2, 0.25) is 5.02 Å². The first-order chi connectivity index (χ1) is 8.88. The van der Waals surface area contributed by atoms with Crippen molar-refractivity contribution in [2.24, 2.45) is 0 Å². The molecule has 0 aliphatic rings. The van der Waals surface area contributed by atoms with Crippen LogP contribution in [0.1, 0.15) is 12.5 Å². The maximum Gasteiger partial charge on any atom is 0.344 e. The molecule has 0 saturated carbocycles. The number of hydrogen-bond donors (Lipinski definition) is 1. The number of carbonyl (C=O) groups is 1. The first-order valence-corrected chi connectivity index (χ1v) is 5.89. The summed E-state index contributed by atoms with van der Waals surface area (Å²) >= 11 is 6.03. The largest absolute Gasteiger partial charge is 0.479 e. The topological polar surface area (TPSA) is 76.7 Å². The number of aryl methyl sites for hydroxylation is 1. The van der Waals surface area contributed by atoms with Gasteiger partial charge in [0.1, 0.15) is 11.3 Å². The first-order valence-electron chi connectivity index (χ1n) is 5.52. The summed E-state index contributed by atoms with van der Waals surface area (Å²) in [6.07, 6.45) is -1.05. The molecule has 1 heterocycles. The van der Waals surface area contributed by atoms with Crippen molar-refractivity contribution >= 4 is 28.5 Å². The summed E-state index contributed by atoms with van der Waals surface area (Å²) in [5.74, 6) is -0.945. The average molecular weight is 283 g/mol. The molecule has 0 aliphatic heterocycles. The summed E-state index contributed by atoms with van der Waals surface area (Å²) in [4.78, 5) is 22.0. The van der Waals surface area contributed by atoms with Gasteiger partial charge in [0, 0.05) is 17.5 Å². The van der Waals surface area contributed by atoms with E-state index in [-0.39, 0.29) is 10.8 Å². The van der Waals surface area contributed by atoms with E-state index < -0.39 is 17.7 Å². The summed E-state index contributed by atoms with van der Waals surface area (Å²) in [5, 5.41) is 9.74. The number of carboxylic acid groups (broad SMARTS) is 1. The van der Waals surface area contributed by atoms with Crippen LogP contribution in [0.15, 0.2) is 27.4 Å². The minimum Gasteiger partial charge on any atom is -0.479 e. The molecule has 1 aromatic heterocycles. The lowest BCUT2D eigenvalue weighted by Gasteiger charge is -2.12. The second-order valence-corrected chi connectivity index (χ2v) is 4.53. The Morgan fingerprint density at radius 1 is 1.42 bits per heavy atom. The van der Waals surface area contributed by atoms with E-state index >= 15 is 0 Å². The highest BCUT2D eigenvalue weighted by Crippen LogP contribution is 2.31. The van der Waals surface area contributed by atoms with Gasteiger partial charge in [-0.25, -0.2) is 9.59 Å². The van der Waals surface area contributed by atoms with Gasteiger partial charge in [0.2, 0.25) is 0 Å². The molecular weight excluding hydrogens is 272 g/mol. The molecule has 19 heavy (non-hydrogen) atoms. The molecule has 2 aromatic rings. The third-order valence-electron chi connectivity index (χ3n) is 2.66. The van der Waals surface area contributed by atoms with Gasteiger partial charge in [-0.1, -0.05) is 11.6 Å². The fraction of sp³-hybridized carbons (Fsp3) is 0.231. The number of hydrogen-bond acceptors (Lipinski definition) is 4. The van der Waals surface area contributed by atoms with Crippen LogP contribution >= 0.6 is 11.6 Å². The molecule has 1 atom stereocenters. The molecule has 0 unspecified atom stereocenters. The van der Waals surface area contributed by atoms with Crippen LogP contribution in [0, 0.1) is 6.92 Å². The van der Waals surface area contributed by atoms with Crippen molar-refractivity contribution in [3.63, 3.8) is 0 Å². The highest BCUT2D eigenvalue weighted by molar-refractivity contribution is 6.32. The van der Waals surface area contributed by atoms with E-state index in [1.807, 2.05) is 0 Å². The van der Waals surface area contributed by atoms with Gasteiger partial charge in [-0.05, 0) is 25.5 Å². The van der Waals surface area contributed by atoms with Gasteiger partial charge in [0.15, 0.2) is 6.10 Å². The molecule has 6 heteroatoms. The van der Waals surface area contributed by atoms with Gasteiger partial charge in [-0.2, -0.15) is 0 Å². The SMILES string of the molecule is Cc1cc(=O)oc2cc(O[C@H](C)C(=O)O)c(Cl)cc12. The number of aliphatic carboxylic acids is 1. The van der Waals surface area contributed by atoms with E-state index in [0.29, 0.717) is 11.0 Å². The van der Waals surface area contributed by atoms with Crippen LogP contribution in [-0.4, -0.2) is 17.2 Å². The molecule has 5 nitrogen and oxygen atoms in total. The van der Waals surface area contributed by atoms with Gasteiger partial charge in [0.05, 0.1) is 5.02 Å². The van der Waals surface area contributed by atoms with E-state index in [1.54, 1.807) is 13.0 Å². The molecule has 0 fully saturated rings. The zero-order chi connectivity index (χ0) is 14.2. The molecule has 0 saturated heterocycles. The highest BCUT2D eigenvalue weighted by atomic mass is 35.5. The fourth-order valence-electron chi connectivity index (χ4n) is 1.65. The first kappa shape index (κ1) is 13.4. The Balaban J connectivity index is 2.55. The van der Waals surface area contributed by atoms with Gasteiger partial charge < -0.3 is 14.3 Å². The quantitative estimate of drug-likeness (QED) is 0.876. The summed E-state index contributed by atoms with van der Waals surface area (Å²) in [5.41, 5.74) is 0.553. The highest BCUT2D eigenvalue weighted by Gasteiger charge is 2.16. The second kappa shape index (κ2) is 4.93. The predicted molar refractivity (Wildman–Crippen MR) is 70.0 cm³/mol. The molecule has 0 spiro atoms. The molecule has 0 amide bonds. The second-order valence-electron chi connectivity index (χ2n) is 4.13. The van der Waals surface area contributed by atoms with Crippen LogP contribution in [0.3, 0.4) is 0 Å². The van der Waals surface area contributed by atoms with E-state index in [2.05, 4.69) is 0 Å². The minimum absolute atomic E-state index is 0.165. The molecule has 0 bridgehead atoms. The fourth-order valence-corrected chi connectivity index (χ4v) is 1.86. The van der Waals surface area contributed by atoms with Crippen LogP contribution < -0.4 is 10.4 Å². The monoisotopic (exact) mass is 282 g/mol. The molecule has 1 aromatic carbocycles. The maximum atomic E-state index is 11.3. The van der Waals surface area contributed by atoms with E-state index in [9.17, 15) is 9.59 Å². The molecule has 0 radical (unpaired) electrons. The van der Waals surface area contributed by atoms with Gasteiger partial charge >= 0.3 is 11.6 Å². The van der Waals surface area contributed by atoms with Crippen molar-refractivity contribution in [3.8, 4) is 5.75 Å².